The van der Waals surface area contributed by atoms with E-state index in [0.29, 0.717) is 36.0 Å². The minimum absolute atomic E-state index is 0.0111. The van der Waals surface area contributed by atoms with Crippen LogP contribution in [0.3, 0.4) is 0 Å². The Hall–Kier alpha value is -3.26. The van der Waals surface area contributed by atoms with Gasteiger partial charge in [-0.2, -0.15) is 0 Å². The van der Waals surface area contributed by atoms with Crippen molar-refractivity contribution < 1.29 is 14.3 Å². The number of piperidine rings is 1. The molecule has 1 N–H and O–H groups in total. The molecule has 1 fully saturated rings. The smallest absolute Gasteiger partial charge is 0.286 e. The molecule has 166 valence electrons. The summed E-state index contributed by atoms with van der Waals surface area (Å²) >= 11 is 1.33. The van der Waals surface area contributed by atoms with Crippen LogP contribution in [0.4, 0.5) is 5.69 Å². The van der Waals surface area contributed by atoms with Gasteiger partial charge in [-0.3, -0.25) is 9.59 Å². The number of ether oxygens (including phenoxy) is 1. The predicted octanol–water partition coefficient (Wildman–Crippen LogP) is 4.52. The number of carbonyl (C=O) groups excluding carboxylic acids is 2. The summed E-state index contributed by atoms with van der Waals surface area (Å²) in [6, 6.07) is 15.0. The summed E-state index contributed by atoms with van der Waals surface area (Å²) in [7, 11) is 0. The SMILES string of the molecule is CCOc1ccccc1C(=O)N1CCC(c2nnc(C(=O)Nc3ccccc3C)s2)CC1. The highest BCUT2D eigenvalue weighted by atomic mass is 32.1. The van der Waals surface area contributed by atoms with E-state index in [9.17, 15) is 9.59 Å². The molecule has 1 aliphatic rings. The standard InChI is InChI=1S/C24H26N4O3S/c1-3-31-20-11-7-5-9-18(20)24(30)28-14-12-17(13-15-28)22-26-27-23(32-22)21(29)25-19-10-6-4-8-16(19)2/h4-11,17H,3,12-15H2,1-2H3,(H,25,29). The Balaban J connectivity index is 1.37. The third-order valence-electron chi connectivity index (χ3n) is 5.58. The third kappa shape index (κ3) is 4.80. The summed E-state index contributed by atoms with van der Waals surface area (Å²) in [6.07, 6.45) is 1.58. The maximum atomic E-state index is 13.0. The Morgan fingerprint density at radius 1 is 1.09 bits per heavy atom. The Morgan fingerprint density at radius 3 is 2.56 bits per heavy atom. The van der Waals surface area contributed by atoms with Crippen molar-refractivity contribution in [3.05, 3.63) is 69.7 Å². The molecule has 3 aromatic rings. The first kappa shape index (κ1) is 22.0. The first-order valence-electron chi connectivity index (χ1n) is 10.8. The van der Waals surface area contributed by atoms with Crippen molar-refractivity contribution in [2.45, 2.75) is 32.6 Å². The molecule has 7 nitrogen and oxygen atoms in total. The Bertz CT molecular complexity index is 1110. The van der Waals surface area contributed by atoms with Gasteiger partial charge in [-0.05, 0) is 50.5 Å². The molecule has 0 bridgehead atoms. The van der Waals surface area contributed by atoms with Crippen LogP contribution in [0.25, 0.3) is 0 Å². The lowest BCUT2D eigenvalue weighted by Crippen LogP contribution is -2.38. The van der Waals surface area contributed by atoms with Crippen molar-refractivity contribution in [2.24, 2.45) is 0 Å². The van der Waals surface area contributed by atoms with Crippen molar-refractivity contribution >= 4 is 28.8 Å². The van der Waals surface area contributed by atoms with Gasteiger partial charge in [-0.1, -0.05) is 41.7 Å². The molecule has 2 aromatic carbocycles. The summed E-state index contributed by atoms with van der Waals surface area (Å²) in [6.45, 7) is 5.64. The monoisotopic (exact) mass is 450 g/mol. The van der Waals surface area contributed by atoms with Gasteiger partial charge in [0.15, 0.2) is 0 Å². The zero-order chi connectivity index (χ0) is 22.5. The molecule has 2 heterocycles. The molecule has 0 saturated carbocycles. The summed E-state index contributed by atoms with van der Waals surface area (Å²) in [4.78, 5) is 27.4. The van der Waals surface area contributed by atoms with Gasteiger partial charge in [0.05, 0.1) is 12.2 Å². The predicted molar refractivity (Wildman–Crippen MR) is 125 cm³/mol. The Labute approximate surface area is 191 Å². The maximum absolute atomic E-state index is 13.0. The van der Waals surface area contributed by atoms with Crippen LogP contribution in [0.5, 0.6) is 5.75 Å². The summed E-state index contributed by atoms with van der Waals surface area (Å²) in [5.74, 6) is 0.556. The molecular formula is C24H26N4O3S. The van der Waals surface area contributed by atoms with Crippen molar-refractivity contribution in [3.63, 3.8) is 0 Å². The van der Waals surface area contributed by atoms with Crippen LogP contribution < -0.4 is 10.1 Å². The van der Waals surface area contributed by atoms with E-state index in [1.807, 2.05) is 67.3 Å². The lowest BCUT2D eigenvalue weighted by Gasteiger charge is -2.31. The second-order valence-corrected chi connectivity index (χ2v) is 8.72. The Kier molecular flexibility index (Phi) is 6.80. The van der Waals surface area contributed by atoms with E-state index in [4.69, 9.17) is 4.74 Å². The number of hydrogen-bond donors (Lipinski definition) is 1. The largest absolute Gasteiger partial charge is 0.493 e. The van der Waals surface area contributed by atoms with Crippen molar-refractivity contribution in [2.75, 3.05) is 25.0 Å². The van der Waals surface area contributed by atoms with Crippen LogP contribution in [0.15, 0.2) is 48.5 Å². The number of nitrogens with zero attached hydrogens (tertiary/aromatic N) is 3. The highest BCUT2D eigenvalue weighted by Gasteiger charge is 2.28. The number of rotatable bonds is 6. The van der Waals surface area contributed by atoms with Gasteiger partial charge in [-0.15, -0.1) is 10.2 Å². The van der Waals surface area contributed by atoms with Crippen LogP contribution in [-0.4, -0.2) is 46.6 Å². The van der Waals surface area contributed by atoms with E-state index in [0.717, 1.165) is 29.1 Å². The third-order valence-corrected chi connectivity index (χ3v) is 6.66. The van der Waals surface area contributed by atoms with Crippen molar-refractivity contribution in [3.8, 4) is 5.75 Å². The molecule has 0 aliphatic carbocycles. The van der Waals surface area contributed by atoms with E-state index in [-0.39, 0.29) is 17.7 Å². The number of aryl methyl sites for hydroxylation is 1. The number of benzene rings is 2. The van der Waals surface area contributed by atoms with Crippen LogP contribution in [-0.2, 0) is 0 Å². The second kappa shape index (κ2) is 9.91. The molecule has 0 unspecified atom stereocenters. The van der Waals surface area contributed by atoms with Crippen molar-refractivity contribution in [1.82, 2.24) is 15.1 Å². The van der Waals surface area contributed by atoms with E-state index >= 15 is 0 Å². The number of para-hydroxylation sites is 2. The summed E-state index contributed by atoms with van der Waals surface area (Å²) in [5, 5.41) is 12.5. The number of amides is 2. The first-order chi connectivity index (χ1) is 15.6. The van der Waals surface area contributed by atoms with E-state index < -0.39 is 0 Å². The van der Waals surface area contributed by atoms with Gasteiger partial charge in [0.25, 0.3) is 11.8 Å². The number of anilines is 1. The van der Waals surface area contributed by atoms with Crippen LogP contribution in [0.1, 0.15) is 56.4 Å². The average molecular weight is 451 g/mol. The van der Waals surface area contributed by atoms with Gasteiger partial charge in [0.1, 0.15) is 10.8 Å². The molecular weight excluding hydrogens is 424 g/mol. The quantitative estimate of drug-likeness (QED) is 0.597. The van der Waals surface area contributed by atoms with Crippen LogP contribution in [0.2, 0.25) is 0 Å². The van der Waals surface area contributed by atoms with Gasteiger partial charge < -0.3 is 15.0 Å². The zero-order valence-corrected chi connectivity index (χ0v) is 19.0. The summed E-state index contributed by atoms with van der Waals surface area (Å²) in [5.41, 5.74) is 2.36. The van der Waals surface area contributed by atoms with Crippen LogP contribution in [0, 0.1) is 6.92 Å². The van der Waals surface area contributed by atoms with Crippen LogP contribution >= 0.6 is 11.3 Å². The minimum Gasteiger partial charge on any atom is -0.493 e. The molecule has 2 amide bonds. The van der Waals surface area contributed by atoms with Crippen molar-refractivity contribution in [1.29, 1.82) is 0 Å². The lowest BCUT2D eigenvalue weighted by atomic mass is 9.97. The fraction of sp³-hybridized carbons (Fsp3) is 0.333. The minimum atomic E-state index is -0.247. The molecule has 1 aliphatic heterocycles. The maximum Gasteiger partial charge on any atom is 0.286 e. The Morgan fingerprint density at radius 2 is 1.81 bits per heavy atom. The highest BCUT2D eigenvalue weighted by Crippen LogP contribution is 2.32. The number of likely N-dealkylation sites (tertiary alicyclic amines) is 1. The molecule has 1 aromatic heterocycles. The topological polar surface area (TPSA) is 84.4 Å². The van der Waals surface area contributed by atoms with E-state index in [1.54, 1.807) is 0 Å². The molecule has 1 saturated heterocycles. The number of nitrogens with one attached hydrogen (secondary N) is 1. The fourth-order valence-electron chi connectivity index (χ4n) is 3.80. The molecule has 32 heavy (non-hydrogen) atoms. The second-order valence-electron chi connectivity index (χ2n) is 7.71. The molecule has 0 atom stereocenters. The number of hydrogen-bond acceptors (Lipinski definition) is 6. The molecule has 8 heteroatoms. The number of aromatic nitrogens is 2. The van der Waals surface area contributed by atoms with Gasteiger partial charge >= 0.3 is 0 Å². The normalized spacial score (nSPS) is 14.2. The average Bonchev–Trinajstić information content (AvgIpc) is 3.31. The molecule has 0 radical (unpaired) electrons. The lowest BCUT2D eigenvalue weighted by molar-refractivity contribution is 0.0708. The van der Waals surface area contributed by atoms with E-state index in [2.05, 4.69) is 15.5 Å². The van der Waals surface area contributed by atoms with Gasteiger partial charge in [0.2, 0.25) is 5.01 Å². The summed E-state index contributed by atoms with van der Waals surface area (Å²) < 4.78 is 5.61. The molecule has 0 spiro atoms. The fourth-order valence-corrected chi connectivity index (χ4v) is 4.71. The molecule has 4 rings (SSSR count). The highest BCUT2D eigenvalue weighted by molar-refractivity contribution is 7.13. The zero-order valence-electron chi connectivity index (χ0n) is 18.2. The van der Waals surface area contributed by atoms with Gasteiger partial charge in [-0.25, -0.2) is 0 Å². The first-order valence-corrected chi connectivity index (χ1v) is 11.6. The number of carbonyl (C=O) groups is 2. The van der Waals surface area contributed by atoms with Gasteiger partial charge in [0, 0.05) is 24.7 Å². The van der Waals surface area contributed by atoms with E-state index in [1.165, 1.54) is 11.3 Å².